The summed E-state index contributed by atoms with van der Waals surface area (Å²) in [4.78, 5) is 13.6. The van der Waals surface area contributed by atoms with E-state index in [0.29, 0.717) is 5.75 Å². The number of hydrogen-bond acceptors (Lipinski definition) is 3. The third-order valence-electron chi connectivity index (χ3n) is 2.75. The fraction of sp³-hybridized carbons (Fsp3) is 0.308. The van der Waals surface area contributed by atoms with Crippen LogP contribution in [0.1, 0.15) is 5.56 Å². The minimum atomic E-state index is -0.973. The number of aliphatic carboxylic acids is 1. The summed E-state index contributed by atoms with van der Waals surface area (Å²) in [5.41, 5.74) is 2.23. The second-order valence-corrected chi connectivity index (χ2v) is 4.06. The topological polar surface area (TPSA) is 74.3 Å². The molecule has 0 spiro atoms. The van der Waals surface area contributed by atoms with Gasteiger partial charge in [0.15, 0.2) is 6.61 Å². The van der Waals surface area contributed by atoms with Crippen molar-refractivity contribution in [2.24, 2.45) is 0 Å². The zero-order valence-electron chi connectivity index (χ0n) is 10.2. The summed E-state index contributed by atoms with van der Waals surface area (Å²) < 4.78 is 5.18. The molecule has 0 aliphatic carbocycles. The van der Waals surface area contributed by atoms with Crippen molar-refractivity contribution >= 4 is 16.9 Å². The molecule has 1 aromatic carbocycles. The van der Waals surface area contributed by atoms with Crippen molar-refractivity contribution in [2.45, 2.75) is 6.42 Å². The second kappa shape index (κ2) is 5.55. The van der Waals surface area contributed by atoms with Crippen LogP contribution in [0.3, 0.4) is 0 Å². The van der Waals surface area contributed by atoms with E-state index < -0.39 is 5.97 Å². The minimum absolute atomic E-state index is 0.318. The first-order chi connectivity index (χ1) is 8.70. The largest absolute Gasteiger partial charge is 0.482 e. The maximum absolute atomic E-state index is 10.5. The monoisotopic (exact) mass is 248 g/mol. The first-order valence-corrected chi connectivity index (χ1v) is 5.80. The van der Waals surface area contributed by atoms with Crippen molar-refractivity contribution in [1.82, 2.24) is 10.3 Å². The number of carboxylic acid groups (broad SMARTS) is 1. The summed E-state index contributed by atoms with van der Waals surface area (Å²) in [6.07, 6.45) is 2.89. The molecule has 0 unspecified atom stereocenters. The first kappa shape index (κ1) is 12.4. The van der Waals surface area contributed by atoms with E-state index in [2.05, 4.69) is 10.3 Å². The van der Waals surface area contributed by atoms with Gasteiger partial charge < -0.3 is 20.1 Å². The molecule has 0 aliphatic heterocycles. The van der Waals surface area contributed by atoms with E-state index in [-0.39, 0.29) is 6.61 Å². The van der Waals surface area contributed by atoms with Gasteiger partial charge in [0, 0.05) is 17.1 Å². The SMILES string of the molecule is CNCCc1c[nH]c2ccc(OCC(=O)O)cc12. The van der Waals surface area contributed by atoms with E-state index in [1.807, 2.05) is 25.4 Å². The Labute approximate surface area is 105 Å². The molecular weight excluding hydrogens is 232 g/mol. The molecule has 3 N–H and O–H groups in total. The fourth-order valence-electron chi connectivity index (χ4n) is 1.86. The van der Waals surface area contributed by atoms with Crippen LogP contribution in [-0.4, -0.2) is 36.3 Å². The van der Waals surface area contributed by atoms with Crippen LogP contribution < -0.4 is 10.1 Å². The van der Waals surface area contributed by atoms with Gasteiger partial charge in [0.05, 0.1) is 0 Å². The van der Waals surface area contributed by atoms with E-state index in [9.17, 15) is 4.79 Å². The average Bonchev–Trinajstić information content (AvgIpc) is 2.76. The van der Waals surface area contributed by atoms with E-state index in [1.54, 1.807) is 6.07 Å². The van der Waals surface area contributed by atoms with Gasteiger partial charge >= 0.3 is 5.97 Å². The second-order valence-electron chi connectivity index (χ2n) is 4.06. The van der Waals surface area contributed by atoms with E-state index in [4.69, 9.17) is 9.84 Å². The van der Waals surface area contributed by atoms with Crippen LogP contribution in [0, 0.1) is 0 Å². The Morgan fingerprint density at radius 3 is 3.06 bits per heavy atom. The summed E-state index contributed by atoms with van der Waals surface area (Å²) in [5.74, 6) is -0.394. The van der Waals surface area contributed by atoms with E-state index >= 15 is 0 Å². The minimum Gasteiger partial charge on any atom is -0.482 e. The number of carbonyl (C=O) groups is 1. The van der Waals surface area contributed by atoms with Gasteiger partial charge in [-0.05, 0) is 43.8 Å². The normalized spacial score (nSPS) is 10.7. The lowest BCUT2D eigenvalue weighted by atomic mass is 10.1. The molecule has 0 aliphatic rings. The Kier molecular flexibility index (Phi) is 3.84. The highest BCUT2D eigenvalue weighted by Gasteiger charge is 2.06. The van der Waals surface area contributed by atoms with Gasteiger partial charge in [0.25, 0.3) is 0 Å². The van der Waals surface area contributed by atoms with Crippen LogP contribution in [0.5, 0.6) is 5.75 Å². The van der Waals surface area contributed by atoms with Gasteiger partial charge in [-0.25, -0.2) is 4.79 Å². The molecule has 1 aromatic heterocycles. The van der Waals surface area contributed by atoms with Gasteiger partial charge in [0.2, 0.25) is 0 Å². The fourth-order valence-corrected chi connectivity index (χ4v) is 1.86. The quantitative estimate of drug-likeness (QED) is 0.722. The van der Waals surface area contributed by atoms with Crippen molar-refractivity contribution in [1.29, 1.82) is 0 Å². The van der Waals surface area contributed by atoms with Crippen molar-refractivity contribution in [3.63, 3.8) is 0 Å². The molecule has 5 heteroatoms. The predicted molar refractivity (Wildman–Crippen MR) is 69.1 cm³/mol. The first-order valence-electron chi connectivity index (χ1n) is 5.80. The molecule has 1 heterocycles. The van der Waals surface area contributed by atoms with Gasteiger partial charge in [-0.15, -0.1) is 0 Å². The van der Waals surface area contributed by atoms with Crippen LogP contribution in [0.4, 0.5) is 0 Å². The molecule has 18 heavy (non-hydrogen) atoms. The molecule has 0 saturated carbocycles. The maximum Gasteiger partial charge on any atom is 0.341 e. The van der Waals surface area contributed by atoms with Gasteiger partial charge in [-0.1, -0.05) is 0 Å². The third-order valence-corrected chi connectivity index (χ3v) is 2.75. The lowest BCUT2D eigenvalue weighted by Gasteiger charge is -2.04. The van der Waals surface area contributed by atoms with E-state index in [1.165, 1.54) is 5.56 Å². The van der Waals surface area contributed by atoms with Crippen LogP contribution in [0.15, 0.2) is 24.4 Å². The smallest absolute Gasteiger partial charge is 0.341 e. The Hall–Kier alpha value is -2.01. The average molecular weight is 248 g/mol. The van der Waals surface area contributed by atoms with Crippen LogP contribution in [0.2, 0.25) is 0 Å². The number of benzene rings is 1. The van der Waals surface area contributed by atoms with E-state index in [0.717, 1.165) is 23.9 Å². The summed E-state index contributed by atoms with van der Waals surface area (Å²) in [7, 11) is 1.91. The zero-order valence-corrected chi connectivity index (χ0v) is 10.2. The number of aromatic amines is 1. The zero-order chi connectivity index (χ0) is 13.0. The molecule has 2 aromatic rings. The highest BCUT2D eigenvalue weighted by atomic mass is 16.5. The Morgan fingerprint density at radius 2 is 2.33 bits per heavy atom. The molecule has 0 bridgehead atoms. The van der Waals surface area contributed by atoms with Gasteiger partial charge in [0.1, 0.15) is 5.75 Å². The number of H-pyrrole nitrogens is 1. The third kappa shape index (κ3) is 2.81. The lowest BCUT2D eigenvalue weighted by Crippen LogP contribution is -2.10. The van der Waals surface area contributed by atoms with Crippen LogP contribution in [-0.2, 0) is 11.2 Å². The highest BCUT2D eigenvalue weighted by Crippen LogP contribution is 2.24. The predicted octanol–water partition coefficient (Wildman–Crippen LogP) is 1.39. The van der Waals surface area contributed by atoms with Crippen molar-refractivity contribution in [3.8, 4) is 5.75 Å². The molecule has 0 radical (unpaired) electrons. The molecule has 0 saturated heterocycles. The van der Waals surface area contributed by atoms with Crippen molar-refractivity contribution in [3.05, 3.63) is 30.0 Å². The lowest BCUT2D eigenvalue weighted by molar-refractivity contribution is -0.139. The molecule has 0 amide bonds. The van der Waals surface area contributed by atoms with Crippen molar-refractivity contribution in [2.75, 3.05) is 20.2 Å². The Balaban J connectivity index is 2.21. The molecule has 2 rings (SSSR count). The number of carboxylic acids is 1. The number of ether oxygens (including phenoxy) is 1. The number of hydrogen-bond donors (Lipinski definition) is 3. The van der Waals surface area contributed by atoms with Gasteiger partial charge in [-0.3, -0.25) is 0 Å². The molecule has 0 atom stereocenters. The number of fused-ring (bicyclic) bond motifs is 1. The van der Waals surface area contributed by atoms with Gasteiger partial charge in [-0.2, -0.15) is 0 Å². The molecular formula is C13H16N2O3. The molecule has 0 fully saturated rings. The number of likely N-dealkylation sites (N-methyl/N-ethyl adjacent to an activating group) is 1. The highest BCUT2D eigenvalue weighted by molar-refractivity contribution is 5.84. The van der Waals surface area contributed by atoms with Crippen molar-refractivity contribution < 1.29 is 14.6 Å². The Morgan fingerprint density at radius 1 is 1.50 bits per heavy atom. The van der Waals surface area contributed by atoms with Crippen LogP contribution >= 0.6 is 0 Å². The summed E-state index contributed by atoms with van der Waals surface area (Å²) in [6.45, 7) is 0.578. The standard InChI is InChI=1S/C13H16N2O3/c1-14-5-4-9-7-15-12-3-2-10(6-11(9)12)18-8-13(16)17/h2-3,6-7,14-15H,4-5,8H2,1H3,(H,16,17). The summed E-state index contributed by atoms with van der Waals surface area (Å²) >= 11 is 0. The Bertz CT molecular complexity index is 548. The van der Waals surface area contributed by atoms with Crippen LogP contribution in [0.25, 0.3) is 10.9 Å². The number of rotatable bonds is 6. The summed E-state index contributed by atoms with van der Waals surface area (Å²) in [5, 5.41) is 12.8. The summed E-state index contributed by atoms with van der Waals surface area (Å²) in [6, 6.07) is 5.54. The maximum atomic E-state index is 10.5. The molecule has 5 nitrogen and oxygen atoms in total. The number of aromatic nitrogens is 1. The molecule has 96 valence electrons. The number of nitrogens with one attached hydrogen (secondary N) is 2.